The summed E-state index contributed by atoms with van der Waals surface area (Å²) in [6.45, 7) is 23.6. The van der Waals surface area contributed by atoms with Crippen molar-refractivity contribution >= 4 is 54.9 Å². The van der Waals surface area contributed by atoms with Gasteiger partial charge in [-0.2, -0.15) is 0 Å². The second kappa shape index (κ2) is 18.3. The molecule has 3 saturated heterocycles. The number of benzene rings is 2. The van der Waals surface area contributed by atoms with Crippen LogP contribution in [0, 0.1) is 27.7 Å². The molecule has 3 fully saturated rings. The van der Waals surface area contributed by atoms with Gasteiger partial charge in [0.2, 0.25) is 11.8 Å². The molecule has 8 nitrogen and oxygen atoms in total. The molecule has 0 radical (unpaired) electrons. The zero-order chi connectivity index (χ0) is 45.6. The molecule has 340 valence electrons. The summed E-state index contributed by atoms with van der Waals surface area (Å²) in [5.74, 6) is 1.11. The van der Waals surface area contributed by atoms with E-state index in [-0.39, 0.29) is 11.8 Å². The molecule has 0 unspecified atom stereocenters. The van der Waals surface area contributed by atoms with Gasteiger partial charge >= 0.3 is 0 Å². The number of nitrogens with zero attached hydrogens (tertiary/aromatic N) is 4. The molecule has 2 amide bonds. The summed E-state index contributed by atoms with van der Waals surface area (Å²) in [6, 6.07) is 24.4. The number of thiophene rings is 2. The highest BCUT2D eigenvalue weighted by atomic mass is 32.1. The molecule has 10 rings (SSSR count). The number of rotatable bonds is 9. The number of hydrogen-bond donors (Lipinski definition) is 2. The van der Waals surface area contributed by atoms with E-state index in [1.54, 1.807) is 22.7 Å². The Morgan fingerprint density at radius 3 is 1.74 bits per heavy atom. The number of amides is 2. The molecule has 0 bridgehead atoms. The monoisotopic (exact) mass is 906 g/mol. The molecular weight excluding hydrogens is 841 g/mol. The average molecular weight is 907 g/mol. The number of fused-ring (bicyclic) bond motifs is 2. The van der Waals surface area contributed by atoms with Gasteiger partial charge in [-0.3, -0.25) is 19.5 Å². The number of piperidine rings is 1. The zero-order valence-electron chi connectivity index (χ0n) is 39.7. The van der Waals surface area contributed by atoms with E-state index in [2.05, 4.69) is 147 Å². The highest BCUT2D eigenvalue weighted by molar-refractivity contribution is 7.19. The van der Waals surface area contributed by atoms with Gasteiger partial charge in [-0.1, -0.05) is 40.5 Å². The lowest BCUT2D eigenvalue weighted by Crippen LogP contribution is -2.41. The second-order valence-electron chi connectivity index (χ2n) is 20.2. The Labute approximate surface area is 393 Å². The highest BCUT2D eigenvalue weighted by Gasteiger charge is 2.38. The van der Waals surface area contributed by atoms with Crippen molar-refractivity contribution in [1.82, 2.24) is 29.7 Å². The lowest BCUT2D eigenvalue weighted by atomic mass is 9.89. The maximum absolute atomic E-state index is 13.5. The standard InChI is InChI=1S/C33H40N4OS.C22H26N2OS/c1-22-16-23(2)18-26(17-22)30-28(21-36-14-9-24(10-15-36)25-8-7-11-34-20-25)27-19-29(39-31(27)35-30)33(3,4)32(38)37-12-5-6-13-37;1-14-9-15(2)11-16(10-14)18-12-17-13-19(26-20(17)23-18)22(3,4)21(25)24-7-5-6-8-24/h7-8,11,16-20,24,35H,5-6,9-10,12-15,21H2,1-4H3;9-13,23H,5-8H2,1-4H3. The lowest BCUT2D eigenvalue weighted by molar-refractivity contribution is -0.135. The summed E-state index contributed by atoms with van der Waals surface area (Å²) < 4.78 is 0. The molecule has 65 heavy (non-hydrogen) atoms. The van der Waals surface area contributed by atoms with Crippen LogP contribution in [0.2, 0.25) is 0 Å². The number of aromatic amines is 2. The molecule has 5 aromatic heterocycles. The number of carbonyl (C=O) groups excluding carboxylic acids is 2. The fourth-order valence-corrected chi connectivity index (χ4v) is 12.8. The number of nitrogens with one attached hydrogen (secondary N) is 2. The summed E-state index contributed by atoms with van der Waals surface area (Å²) >= 11 is 3.47. The van der Waals surface area contributed by atoms with E-state index in [1.807, 2.05) is 17.3 Å². The number of pyridine rings is 1. The van der Waals surface area contributed by atoms with Crippen molar-refractivity contribution in [2.24, 2.45) is 0 Å². The third kappa shape index (κ3) is 9.36. The van der Waals surface area contributed by atoms with Crippen molar-refractivity contribution in [3.63, 3.8) is 0 Å². The van der Waals surface area contributed by atoms with Crippen molar-refractivity contribution in [1.29, 1.82) is 0 Å². The number of aromatic nitrogens is 3. The first kappa shape index (κ1) is 45.1. The van der Waals surface area contributed by atoms with Crippen molar-refractivity contribution in [3.8, 4) is 22.5 Å². The number of carbonyl (C=O) groups is 2. The minimum absolute atomic E-state index is 0.258. The van der Waals surface area contributed by atoms with Crippen LogP contribution in [0.15, 0.2) is 79.1 Å². The lowest BCUT2D eigenvalue weighted by Gasteiger charge is -2.32. The van der Waals surface area contributed by atoms with E-state index in [9.17, 15) is 9.59 Å². The number of H-pyrrole nitrogens is 2. The van der Waals surface area contributed by atoms with E-state index < -0.39 is 10.8 Å². The highest BCUT2D eigenvalue weighted by Crippen LogP contribution is 2.43. The molecule has 3 aliphatic heterocycles. The SMILES string of the molecule is Cc1cc(C)cc(-c2[nH]c3sc(C(C)(C)C(=O)N4CCCC4)cc3c2CN2CCC(c3cccnc3)CC2)c1.Cc1cc(C)cc(-c2cc3cc(C(C)(C)C(=O)N4CCCC4)sc3[nH]2)c1. The van der Waals surface area contributed by atoms with Crippen molar-refractivity contribution in [2.75, 3.05) is 39.3 Å². The van der Waals surface area contributed by atoms with Crippen LogP contribution in [-0.4, -0.2) is 80.7 Å². The van der Waals surface area contributed by atoms with Gasteiger partial charge in [-0.05, 0) is 178 Å². The van der Waals surface area contributed by atoms with Crippen molar-refractivity contribution in [3.05, 3.63) is 122 Å². The molecule has 8 heterocycles. The topological polar surface area (TPSA) is 88.3 Å². The number of likely N-dealkylation sites (tertiary alicyclic amines) is 3. The van der Waals surface area contributed by atoms with Crippen molar-refractivity contribution in [2.45, 2.75) is 117 Å². The molecule has 3 aliphatic rings. The molecule has 2 aromatic carbocycles. The van der Waals surface area contributed by atoms with Gasteiger partial charge in [-0.15, -0.1) is 22.7 Å². The Morgan fingerprint density at radius 2 is 1.20 bits per heavy atom. The van der Waals surface area contributed by atoms with Gasteiger partial charge < -0.3 is 19.8 Å². The minimum Gasteiger partial charge on any atom is -0.346 e. The molecule has 10 heteroatoms. The Hall–Kier alpha value is -5.03. The fourth-order valence-electron chi connectivity index (χ4n) is 10.5. The quantitative estimate of drug-likeness (QED) is 0.151. The molecule has 0 spiro atoms. The first-order valence-corrected chi connectivity index (χ1v) is 25.4. The molecule has 0 saturated carbocycles. The first-order valence-electron chi connectivity index (χ1n) is 23.8. The third-order valence-corrected chi connectivity index (χ3v) is 16.9. The second-order valence-corrected chi connectivity index (χ2v) is 22.4. The summed E-state index contributed by atoms with van der Waals surface area (Å²) in [5.41, 5.74) is 11.7. The van der Waals surface area contributed by atoms with E-state index in [4.69, 9.17) is 0 Å². The molecule has 2 N–H and O–H groups in total. The largest absolute Gasteiger partial charge is 0.346 e. The Bertz CT molecular complexity index is 2750. The van der Waals surface area contributed by atoms with E-state index >= 15 is 0 Å². The predicted octanol–water partition coefficient (Wildman–Crippen LogP) is 12.6. The first-order chi connectivity index (χ1) is 31.1. The fraction of sp³-hybridized carbons (Fsp3) is 0.436. The predicted molar refractivity (Wildman–Crippen MR) is 271 cm³/mol. The minimum atomic E-state index is -0.520. The summed E-state index contributed by atoms with van der Waals surface area (Å²) in [7, 11) is 0. The van der Waals surface area contributed by atoms with Crippen molar-refractivity contribution < 1.29 is 9.59 Å². The van der Waals surface area contributed by atoms with Crippen LogP contribution in [-0.2, 0) is 27.0 Å². The molecular formula is C55H66N6O2S2. The van der Waals surface area contributed by atoms with Crippen LogP contribution in [0.3, 0.4) is 0 Å². The van der Waals surface area contributed by atoms with E-state index in [1.165, 1.54) is 65.8 Å². The normalized spacial score (nSPS) is 16.5. The van der Waals surface area contributed by atoms with Gasteiger partial charge in [0.1, 0.15) is 9.66 Å². The number of hydrogen-bond acceptors (Lipinski definition) is 6. The molecule has 7 aromatic rings. The number of aryl methyl sites for hydroxylation is 4. The van der Waals surface area contributed by atoms with Crippen LogP contribution in [0.25, 0.3) is 42.9 Å². The maximum Gasteiger partial charge on any atom is 0.233 e. The van der Waals surface area contributed by atoms with Crippen LogP contribution in [0.1, 0.15) is 115 Å². The Kier molecular flexibility index (Phi) is 12.7. The summed E-state index contributed by atoms with van der Waals surface area (Å²) in [5, 5.41) is 2.47. The van der Waals surface area contributed by atoms with Gasteiger partial charge in [0.25, 0.3) is 0 Å². The Balaban J connectivity index is 0.000000178. The van der Waals surface area contributed by atoms with E-state index in [0.717, 1.165) is 105 Å². The zero-order valence-corrected chi connectivity index (χ0v) is 41.3. The van der Waals surface area contributed by atoms with Crippen LogP contribution in [0.4, 0.5) is 0 Å². The van der Waals surface area contributed by atoms with Gasteiger partial charge in [0, 0.05) is 76.9 Å². The van der Waals surface area contributed by atoms with Gasteiger partial charge in [0.05, 0.1) is 16.5 Å². The summed E-state index contributed by atoms with van der Waals surface area (Å²) in [6.07, 6.45) is 10.7. The van der Waals surface area contributed by atoms with Gasteiger partial charge in [-0.25, -0.2) is 0 Å². The molecule has 0 aliphatic carbocycles. The maximum atomic E-state index is 13.5. The average Bonchev–Trinajstić information content (AvgIpc) is 4.14. The van der Waals surface area contributed by atoms with Gasteiger partial charge in [0.15, 0.2) is 0 Å². The smallest absolute Gasteiger partial charge is 0.233 e. The third-order valence-electron chi connectivity index (χ3n) is 14.2. The summed E-state index contributed by atoms with van der Waals surface area (Å²) in [4.78, 5) is 49.5. The van der Waals surface area contributed by atoms with Crippen LogP contribution >= 0.6 is 22.7 Å². The van der Waals surface area contributed by atoms with E-state index in [0.29, 0.717) is 5.92 Å². The Morgan fingerprint density at radius 1 is 0.662 bits per heavy atom. The van der Waals surface area contributed by atoms with Crippen LogP contribution in [0.5, 0.6) is 0 Å². The van der Waals surface area contributed by atoms with Crippen LogP contribution < -0.4 is 0 Å². The molecule has 0 atom stereocenters.